The first-order valence-corrected chi connectivity index (χ1v) is 7.09. The average Bonchev–Trinajstić information content (AvgIpc) is 2.96. The highest BCUT2D eigenvalue weighted by Gasteiger charge is 2.22. The second kappa shape index (κ2) is 5.05. The summed E-state index contributed by atoms with van der Waals surface area (Å²) in [5.41, 5.74) is 3.18. The summed E-state index contributed by atoms with van der Waals surface area (Å²) in [4.78, 5) is 0. The highest BCUT2D eigenvalue weighted by atomic mass is 16.5. The van der Waals surface area contributed by atoms with Crippen molar-refractivity contribution in [1.29, 1.82) is 0 Å². The Bertz CT molecular complexity index is 757. The lowest BCUT2D eigenvalue weighted by atomic mass is 10.1. The van der Waals surface area contributed by atoms with Crippen LogP contribution in [-0.4, -0.2) is 22.8 Å². The summed E-state index contributed by atoms with van der Waals surface area (Å²) in [6.07, 6.45) is 2.87. The monoisotopic (exact) mass is 277 g/mol. The zero-order valence-corrected chi connectivity index (χ0v) is 11.5. The molecule has 0 amide bonds. The van der Waals surface area contributed by atoms with Gasteiger partial charge in [-0.15, -0.1) is 0 Å². The van der Waals surface area contributed by atoms with Gasteiger partial charge >= 0.3 is 0 Å². The summed E-state index contributed by atoms with van der Waals surface area (Å²) in [7, 11) is 0. The molecule has 0 bridgehead atoms. The molecule has 2 aromatic carbocycles. The van der Waals surface area contributed by atoms with Crippen LogP contribution in [0.15, 0.2) is 54.7 Å². The molecule has 0 fully saturated rings. The van der Waals surface area contributed by atoms with Crippen molar-refractivity contribution in [3.8, 4) is 5.75 Å². The molecule has 4 nitrogen and oxygen atoms in total. The fourth-order valence-electron chi connectivity index (χ4n) is 2.74. The molecule has 0 spiro atoms. The van der Waals surface area contributed by atoms with E-state index in [4.69, 9.17) is 4.74 Å². The first-order chi connectivity index (χ1) is 10.4. The van der Waals surface area contributed by atoms with Gasteiger partial charge in [0.05, 0.1) is 23.9 Å². The molecule has 0 saturated carbocycles. The Morgan fingerprint density at radius 1 is 1.10 bits per heavy atom. The molecule has 1 unspecified atom stereocenters. The normalized spacial score (nSPS) is 16.5. The second-order valence-corrected chi connectivity index (χ2v) is 5.21. The first kappa shape index (κ1) is 12.1. The van der Waals surface area contributed by atoms with Gasteiger partial charge in [0, 0.05) is 11.8 Å². The van der Waals surface area contributed by atoms with E-state index in [9.17, 15) is 0 Å². The molecule has 0 radical (unpaired) electrons. The van der Waals surface area contributed by atoms with Crippen molar-refractivity contribution in [3.63, 3.8) is 0 Å². The van der Waals surface area contributed by atoms with Gasteiger partial charge in [0.25, 0.3) is 0 Å². The van der Waals surface area contributed by atoms with Gasteiger partial charge in [0.15, 0.2) is 0 Å². The molecule has 1 aliphatic rings. The van der Waals surface area contributed by atoms with Crippen LogP contribution in [-0.2, 0) is 6.42 Å². The number of ether oxygens (including phenoxy) is 1. The molecule has 2 heterocycles. The third-order valence-corrected chi connectivity index (χ3v) is 3.78. The van der Waals surface area contributed by atoms with Crippen LogP contribution in [0.25, 0.3) is 10.9 Å². The Kier molecular flexibility index (Phi) is 2.92. The van der Waals surface area contributed by atoms with E-state index in [1.165, 1.54) is 5.56 Å². The van der Waals surface area contributed by atoms with Gasteiger partial charge < -0.3 is 10.1 Å². The SMILES string of the molecule is c1ccc2c(c1)CC(CNc1cnnc3ccccc13)O2. The van der Waals surface area contributed by atoms with E-state index < -0.39 is 0 Å². The number of aromatic nitrogens is 2. The van der Waals surface area contributed by atoms with Crippen molar-refractivity contribution < 1.29 is 4.74 Å². The van der Waals surface area contributed by atoms with E-state index in [-0.39, 0.29) is 6.10 Å². The molecule has 1 N–H and O–H groups in total. The minimum atomic E-state index is 0.161. The maximum absolute atomic E-state index is 5.94. The number of anilines is 1. The number of para-hydroxylation sites is 1. The third kappa shape index (κ3) is 2.29. The number of hydrogen-bond donors (Lipinski definition) is 1. The molecule has 0 saturated heterocycles. The first-order valence-electron chi connectivity index (χ1n) is 7.09. The van der Waals surface area contributed by atoms with Crippen LogP contribution in [0, 0.1) is 0 Å². The van der Waals surface area contributed by atoms with Crippen LogP contribution in [0.3, 0.4) is 0 Å². The number of rotatable bonds is 3. The molecule has 104 valence electrons. The quantitative estimate of drug-likeness (QED) is 0.799. The van der Waals surface area contributed by atoms with Crippen molar-refractivity contribution in [2.75, 3.05) is 11.9 Å². The van der Waals surface area contributed by atoms with Gasteiger partial charge in [-0.25, -0.2) is 0 Å². The molecule has 4 rings (SSSR count). The summed E-state index contributed by atoms with van der Waals surface area (Å²) >= 11 is 0. The van der Waals surface area contributed by atoms with E-state index in [1.807, 2.05) is 30.3 Å². The minimum absolute atomic E-state index is 0.161. The Morgan fingerprint density at radius 2 is 1.95 bits per heavy atom. The molecular formula is C17H15N3O. The topological polar surface area (TPSA) is 47.0 Å². The summed E-state index contributed by atoms with van der Waals surface area (Å²) in [5, 5.41) is 12.7. The average molecular weight is 277 g/mol. The predicted octanol–water partition coefficient (Wildman–Crippen LogP) is 3.05. The fraction of sp³-hybridized carbons (Fsp3) is 0.176. The van der Waals surface area contributed by atoms with Gasteiger partial charge in [-0.1, -0.05) is 36.4 Å². The summed E-state index contributed by atoms with van der Waals surface area (Å²) in [6.45, 7) is 0.754. The number of benzene rings is 2. The van der Waals surface area contributed by atoms with Gasteiger partial charge in [-0.05, 0) is 17.7 Å². The van der Waals surface area contributed by atoms with Gasteiger partial charge in [0.2, 0.25) is 0 Å². The fourth-order valence-corrected chi connectivity index (χ4v) is 2.74. The number of nitrogens with zero attached hydrogens (tertiary/aromatic N) is 2. The Hall–Kier alpha value is -2.62. The predicted molar refractivity (Wildman–Crippen MR) is 82.6 cm³/mol. The highest BCUT2D eigenvalue weighted by molar-refractivity contribution is 5.90. The van der Waals surface area contributed by atoms with E-state index >= 15 is 0 Å². The summed E-state index contributed by atoms with van der Waals surface area (Å²) in [5.74, 6) is 1.00. The number of nitrogens with one attached hydrogen (secondary N) is 1. The molecular weight excluding hydrogens is 262 g/mol. The Morgan fingerprint density at radius 3 is 2.90 bits per heavy atom. The van der Waals surface area contributed by atoms with Crippen LogP contribution >= 0.6 is 0 Å². The Labute approximate surface area is 122 Å². The van der Waals surface area contributed by atoms with Crippen molar-refractivity contribution >= 4 is 16.6 Å². The van der Waals surface area contributed by atoms with Crippen molar-refractivity contribution in [1.82, 2.24) is 10.2 Å². The van der Waals surface area contributed by atoms with E-state index in [2.05, 4.69) is 33.7 Å². The van der Waals surface area contributed by atoms with Crippen LogP contribution in [0.5, 0.6) is 5.75 Å². The maximum atomic E-state index is 5.94. The number of fused-ring (bicyclic) bond motifs is 2. The molecule has 21 heavy (non-hydrogen) atoms. The lowest BCUT2D eigenvalue weighted by Gasteiger charge is -2.13. The lowest BCUT2D eigenvalue weighted by Crippen LogP contribution is -2.24. The number of hydrogen-bond acceptors (Lipinski definition) is 4. The van der Waals surface area contributed by atoms with Crippen molar-refractivity contribution in [2.45, 2.75) is 12.5 Å². The molecule has 1 aromatic heterocycles. The van der Waals surface area contributed by atoms with Crippen LogP contribution < -0.4 is 10.1 Å². The smallest absolute Gasteiger partial charge is 0.123 e. The van der Waals surface area contributed by atoms with Crippen LogP contribution in [0.2, 0.25) is 0 Å². The molecule has 1 aliphatic heterocycles. The largest absolute Gasteiger partial charge is 0.488 e. The second-order valence-electron chi connectivity index (χ2n) is 5.21. The standard InChI is InChI=1S/C17H15N3O/c1-4-8-17-12(5-1)9-13(21-17)10-18-16-11-19-20-15-7-3-2-6-14(15)16/h1-8,11,13H,9-10H2,(H,18,20). The van der Waals surface area contributed by atoms with Crippen molar-refractivity contribution in [3.05, 3.63) is 60.3 Å². The zero-order chi connectivity index (χ0) is 14.1. The summed E-state index contributed by atoms with van der Waals surface area (Å²) in [6, 6.07) is 16.2. The Balaban J connectivity index is 1.50. The van der Waals surface area contributed by atoms with Gasteiger partial charge in [-0.2, -0.15) is 10.2 Å². The maximum Gasteiger partial charge on any atom is 0.123 e. The van der Waals surface area contributed by atoms with E-state index in [0.717, 1.165) is 35.3 Å². The van der Waals surface area contributed by atoms with Crippen molar-refractivity contribution in [2.24, 2.45) is 0 Å². The zero-order valence-electron chi connectivity index (χ0n) is 11.5. The molecule has 3 aromatic rings. The van der Waals surface area contributed by atoms with E-state index in [1.54, 1.807) is 6.20 Å². The molecule has 4 heteroatoms. The van der Waals surface area contributed by atoms with Gasteiger partial charge in [-0.3, -0.25) is 0 Å². The minimum Gasteiger partial charge on any atom is -0.488 e. The molecule has 0 aliphatic carbocycles. The summed E-state index contributed by atoms with van der Waals surface area (Å²) < 4.78 is 5.94. The molecule has 1 atom stereocenters. The van der Waals surface area contributed by atoms with E-state index in [0.29, 0.717) is 0 Å². The third-order valence-electron chi connectivity index (χ3n) is 3.78. The lowest BCUT2D eigenvalue weighted by molar-refractivity contribution is 0.246. The van der Waals surface area contributed by atoms with Crippen LogP contribution in [0.4, 0.5) is 5.69 Å². The van der Waals surface area contributed by atoms with Gasteiger partial charge in [0.1, 0.15) is 11.9 Å². The van der Waals surface area contributed by atoms with Crippen LogP contribution in [0.1, 0.15) is 5.56 Å². The highest BCUT2D eigenvalue weighted by Crippen LogP contribution is 2.28.